The summed E-state index contributed by atoms with van der Waals surface area (Å²) in [4.78, 5) is 21.6. The summed E-state index contributed by atoms with van der Waals surface area (Å²) >= 11 is 0. The molecule has 1 saturated carbocycles. The molecule has 1 saturated heterocycles. The molecule has 0 radical (unpaired) electrons. The number of hydrogen-bond donors (Lipinski definition) is 1. The summed E-state index contributed by atoms with van der Waals surface area (Å²) in [6.07, 6.45) is 0.910. The molecule has 0 amide bonds. The number of rotatable bonds is 4. The highest BCUT2D eigenvalue weighted by Crippen LogP contribution is 2.42. The number of aromatic nitrogens is 4. The van der Waals surface area contributed by atoms with E-state index in [1.54, 1.807) is 12.1 Å². The van der Waals surface area contributed by atoms with Gasteiger partial charge >= 0.3 is 0 Å². The van der Waals surface area contributed by atoms with E-state index in [0.29, 0.717) is 38.2 Å². The number of nitrogens with one attached hydrogen (secondary N) is 1. The third-order valence-electron chi connectivity index (χ3n) is 5.27. The van der Waals surface area contributed by atoms with Crippen molar-refractivity contribution in [3.63, 3.8) is 0 Å². The molecule has 0 bridgehead atoms. The molecule has 0 atom stereocenters. The normalized spacial score (nSPS) is 17.6. The Morgan fingerprint density at radius 3 is 2.71 bits per heavy atom. The molecule has 7 nitrogen and oxygen atoms in total. The summed E-state index contributed by atoms with van der Waals surface area (Å²) in [5.41, 5.74) is 1.01. The van der Waals surface area contributed by atoms with Gasteiger partial charge in [-0.25, -0.2) is 13.5 Å². The van der Waals surface area contributed by atoms with Crippen LogP contribution >= 0.6 is 0 Å². The van der Waals surface area contributed by atoms with Crippen molar-refractivity contribution in [3.8, 4) is 5.69 Å². The number of hydrogen-bond acceptors (Lipinski definition) is 5. The van der Waals surface area contributed by atoms with Crippen LogP contribution in [0.5, 0.6) is 0 Å². The van der Waals surface area contributed by atoms with Gasteiger partial charge in [0.15, 0.2) is 5.65 Å². The molecule has 1 aromatic carbocycles. The van der Waals surface area contributed by atoms with Gasteiger partial charge in [-0.3, -0.25) is 9.78 Å². The number of aromatic amines is 1. The van der Waals surface area contributed by atoms with Gasteiger partial charge in [0.1, 0.15) is 5.39 Å². The van der Waals surface area contributed by atoms with Crippen LogP contribution in [0.3, 0.4) is 0 Å². The number of halogens is 2. The average Bonchev–Trinajstić information content (AvgIpc) is 3.47. The minimum absolute atomic E-state index is 0.0814. The summed E-state index contributed by atoms with van der Waals surface area (Å²) in [5, 5.41) is 4.59. The molecular weight excluding hydrogens is 368 g/mol. The molecule has 2 aromatic heterocycles. The third kappa shape index (κ3) is 3.05. The zero-order chi connectivity index (χ0) is 19.3. The molecule has 5 rings (SSSR count). The third-order valence-corrected chi connectivity index (χ3v) is 5.27. The Morgan fingerprint density at radius 1 is 1.21 bits per heavy atom. The zero-order valence-corrected chi connectivity index (χ0v) is 15.1. The fourth-order valence-corrected chi connectivity index (χ4v) is 3.58. The van der Waals surface area contributed by atoms with E-state index in [1.165, 1.54) is 10.9 Å². The van der Waals surface area contributed by atoms with Gasteiger partial charge in [0.2, 0.25) is 5.95 Å². The smallest absolute Gasteiger partial charge is 0.265 e. The SMILES string of the molecule is O=c1[nH]c(N2CCOCC2)nc2nn(-c3ccc(C4CC4)cc3C(F)F)cc12. The van der Waals surface area contributed by atoms with E-state index in [1.807, 2.05) is 11.0 Å². The lowest BCUT2D eigenvalue weighted by atomic mass is 10.1. The van der Waals surface area contributed by atoms with Crippen LogP contribution < -0.4 is 10.5 Å². The van der Waals surface area contributed by atoms with Crippen LogP contribution in [-0.2, 0) is 4.74 Å². The summed E-state index contributed by atoms with van der Waals surface area (Å²) in [6, 6.07) is 5.07. The van der Waals surface area contributed by atoms with E-state index in [-0.39, 0.29) is 27.8 Å². The maximum atomic E-state index is 13.7. The van der Waals surface area contributed by atoms with Gasteiger partial charge in [-0.2, -0.15) is 4.98 Å². The van der Waals surface area contributed by atoms with Crippen LogP contribution in [0.1, 0.15) is 36.3 Å². The Labute approximate surface area is 158 Å². The molecule has 3 heterocycles. The monoisotopic (exact) mass is 387 g/mol. The van der Waals surface area contributed by atoms with E-state index < -0.39 is 6.43 Å². The van der Waals surface area contributed by atoms with E-state index in [0.717, 1.165) is 18.4 Å². The molecule has 28 heavy (non-hydrogen) atoms. The highest BCUT2D eigenvalue weighted by molar-refractivity contribution is 5.75. The second-order valence-corrected chi connectivity index (χ2v) is 7.19. The highest BCUT2D eigenvalue weighted by Gasteiger charge is 2.26. The van der Waals surface area contributed by atoms with E-state index in [2.05, 4.69) is 15.1 Å². The van der Waals surface area contributed by atoms with Gasteiger partial charge in [0.05, 0.1) is 18.9 Å². The van der Waals surface area contributed by atoms with Crippen molar-refractivity contribution in [1.82, 2.24) is 19.7 Å². The summed E-state index contributed by atoms with van der Waals surface area (Å²) in [6.45, 7) is 2.35. The topological polar surface area (TPSA) is 76.0 Å². The van der Waals surface area contributed by atoms with Gasteiger partial charge in [0.25, 0.3) is 12.0 Å². The Balaban J connectivity index is 1.58. The molecule has 1 aliphatic heterocycles. The van der Waals surface area contributed by atoms with Crippen molar-refractivity contribution in [3.05, 3.63) is 45.9 Å². The van der Waals surface area contributed by atoms with E-state index in [4.69, 9.17) is 4.74 Å². The van der Waals surface area contributed by atoms with Crippen molar-refractivity contribution in [2.24, 2.45) is 0 Å². The summed E-state index contributed by atoms with van der Waals surface area (Å²) in [7, 11) is 0. The number of benzene rings is 1. The lowest BCUT2D eigenvalue weighted by Crippen LogP contribution is -2.38. The van der Waals surface area contributed by atoms with Crippen molar-refractivity contribution in [2.75, 3.05) is 31.2 Å². The number of morpholine rings is 1. The van der Waals surface area contributed by atoms with Crippen LogP contribution in [-0.4, -0.2) is 46.1 Å². The van der Waals surface area contributed by atoms with E-state index >= 15 is 0 Å². The number of nitrogens with zero attached hydrogens (tertiary/aromatic N) is 4. The predicted molar refractivity (Wildman–Crippen MR) is 99.4 cm³/mol. The Hall–Kier alpha value is -2.81. The van der Waals surface area contributed by atoms with Crippen LogP contribution in [0.25, 0.3) is 16.7 Å². The first-order valence-electron chi connectivity index (χ1n) is 9.35. The minimum atomic E-state index is -2.63. The maximum Gasteiger partial charge on any atom is 0.265 e. The fraction of sp³-hybridized carbons (Fsp3) is 0.421. The average molecular weight is 387 g/mol. The standard InChI is InChI=1S/C19H19F2N5O2/c20-16(21)13-9-12(11-1-2-11)3-4-15(13)26-10-14-17(24-26)22-19(23-18(14)27)25-5-7-28-8-6-25/h3-4,9-11,16H,1-2,5-8H2,(H,22,23,24,27). The van der Waals surface area contributed by atoms with Crippen molar-refractivity contribution in [2.45, 2.75) is 25.2 Å². The predicted octanol–water partition coefficient (Wildman–Crippen LogP) is 2.76. The van der Waals surface area contributed by atoms with Crippen LogP contribution in [0.4, 0.5) is 14.7 Å². The van der Waals surface area contributed by atoms with Crippen LogP contribution in [0, 0.1) is 0 Å². The van der Waals surface area contributed by atoms with Crippen molar-refractivity contribution < 1.29 is 13.5 Å². The molecule has 2 aliphatic rings. The maximum absolute atomic E-state index is 13.7. The number of fused-ring (bicyclic) bond motifs is 1. The van der Waals surface area contributed by atoms with E-state index in [9.17, 15) is 13.6 Å². The molecule has 1 N–H and O–H groups in total. The molecule has 0 unspecified atom stereocenters. The van der Waals surface area contributed by atoms with Crippen LogP contribution in [0.15, 0.2) is 29.2 Å². The molecule has 2 fully saturated rings. The Morgan fingerprint density at radius 2 is 2.00 bits per heavy atom. The molecule has 0 spiro atoms. The first-order valence-corrected chi connectivity index (χ1v) is 9.35. The molecule has 146 valence electrons. The molecular formula is C19H19F2N5O2. The van der Waals surface area contributed by atoms with Crippen LogP contribution in [0.2, 0.25) is 0 Å². The fourth-order valence-electron chi connectivity index (χ4n) is 3.58. The minimum Gasteiger partial charge on any atom is -0.378 e. The second-order valence-electron chi connectivity index (χ2n) is 7.19. The zero-order valence-electron chi connectivity index (χ0n) is 15.1. The first kappa shape index (κ1) is 17.3. The number of H-pyrrole nitrogens is 1. The van der Waals surface area contributed by atoms with Gasteiger partial charge in [0, 0.05) is 24.8 Å². The molecule has 9 heteroatoms. The number of alkyl halides is 2. The van der Waals surface area contributed by atoms with Gasteiger partial charge < -0.3 is 9.64 Å². The number of anilines is 1. The first-order chi connectivity index (χ1) is 13.6. The largest absolute Gasteiger partial charge is 0.378 e. The lowest BCUT2D eigenvalue weighted by molar-refractivity contribution is 0.122. The number of ether oxygens (including phenoxy) is 1. The van der Waals surface area contributed by atoms with Gasteiger partial charge in [-0.05, 0) is 36.5 Å². The van der Waals surface area contributed by atoms with Gasteiger partial charge in [-0.1, -0.05) is 6.07 Å². The van der Waals surface area contributed by atoms with Crippen molar-refractivity contribution >= 4 is 17.0 Å². The van der Waals surface area contributed by atoms with Crippen molar-refractivity contribution in [1.29, 1.82) is 0 Å². The second kappa shape index (κ2) is 6.66. The Bertz CT molecular complexity index is 1080. The highest BCUT2D eigenvalue weighted by atomic mass is 19.3. The Kier molecular flexibility index (Phi) is 4.12. The molecule has 1 aliphatic carbocycles. The summed E-state index contributed by atoms with van der Waals surface area (Å²) < 4.78 is 34.0. The quantitative estimate of drug-likeness (QED) is 0.745. The van der Waals surface area contributed by atoms with Gasteiger partial charge in [-0.15, -0.1) is 5.10 Å². The molecule has 3 aromatic rings. The summed E-state index contributed by atoms with van der Waals surface area (Å²) in [5.74, 6) is 0.799. The lowest BCUT2D eigenvalue weighted by Gasteiger charge is -2.26.